The van der Waals surface area contributed by atoms with Gasteiger partial charge in [-0.25, -0.2) is 0 Å². The van der Waals surface area contributed by atoms with Crippen LogP contribution in [0.4, 0.5) is 0 Å². The third-order valence-electron chi connectivity index (χ3n) is 1.69. The van der Waals surface area contributed by atoms with E-state index in [1.807, 2.05) is 18.2 Å². The molecule has 1 heterocycles. The summed E-state index contributed by atoms with van der Waals surface area (Å²) in [6.07, 6.45) is 1.72. The summed E-state index contributed by atoms with van der Waals surface area (Å²) in [4.78, 5) is 15.1. The van der Waals surface area contributed by atoms with E-state index in [0.717, 1.165) is 11.3 Å². The van der Waals surface area contributed by atoms with Gasteiger partial charge in [-0.2, -0.15) is 0 Å². The number of halogens is 1. The first-order valence-corrected chi connectivity index (χ1v) is 3.71. The van der Waals surface area contributed by atoms with E-state index in [0.29, 0.717) is 0 Å². The Labute approximate surface area is 82.0 Å². The van der Waals surface area contributed by atoms with Crippen molar-refractivity contribution in [1.82, 2.24) is 4.98 Å². The summed E-state index contributed by atoms with van der Waals surface area (Å²) < 4.78 is 0. The molecule has 0 N–H and O–H groups in total. The quantitative estimate of drug-likeness (QED) is 0.641. The maximum absolute atomic E-state index is 11.0. The van der Waals surface area contributed by atoms with E-state index in [2.05, 4.69) is 4.98 Å². The van der Waals surface area contributed by atoms with Gasteiger partial charge in [0.2, 0.25) is 0 Å². The zero-order chi connectivity index (χ0) is 8.39. The number of fused-ring (bicyclic) bond motifs is 1. The van der Waals surface area contributed by atoms with E-state index in [9.17, 15) is 4.79 Å². The molecule has 13 heavy (non-hydrogen) atoms. The second kappa shape index (κ2) is 4.01. The van der Waals surface area contributed by atoms with Gasteiger partial charge in [-0.05, 0) is 24.3 Å². The first kappa shape index (κ1) is 9.68. The molecule has 0 amide bonds. The highest BCUT2D eigenvalue weighted by atomic mass is 35.5. The third-order valence-corrected chi connectivity index (χ3v) is 1.69. The van der Waals surface area contributed by atoms with Crippen LogP contribution in [0.5, 0.6) is 0 Å². The average molecular weight is 194 g/mol. The Morgan fingerprint density at radius 2 is 1.92 bits per heavy atom. The van der Waals surface area contributed by atoms with Crippen molar-refractivity contribution >= 4 is 12.4 Å². The maximum atomic E-state index is 11.0. The van der Waals surface area contributed by atoms with Crippen molar-refractivity contribution in [2.75, 3.05) is 0 Å². The molecule has 0 unspecified atom stereocenters. The SMILES string of the molecule is Cl.O=c1ccc2nccccc-2c1. The normalized spacial score (nSPS) is 9.23. The summed E-state index contributed by atoms with van der Waals surface area (Å²) in [5.41, 5.74) is 1.75. The molecule has 66 valence electrons. The molecule has 0 saturated carbocycles. The predicted molar refractivity (Wildman–Crippen MR) is 54.4 cm³/mol. The lowest BCUT2D eigenvalue weighted by Crippen LogP contribution is -1.96. The largest absolute Gasteiger partial charge is 0.290 e. The molecule has 2 nitrogen and oxygen atoms in total. The maximum Gasteiger partial charge on any atom is 0.179 e. The molecule has 0 atom stereocenters. The van der Waals surface area contributed by atoms with Gasteiger partial charge < -0.3 is 0 Å². The Bertz CT molecular complexity index is 430. The molecule has 0 fully saturated rings. The Morgan fingerprint density at radius 3 is 2.77 bits per heavy atom. The van der Waals surface area contributed by atoms with Crippen LogP contribution in [0.3, 0.4) is 0 Å². The predicted octanol–water partition coefficient (Wildman–Crippen LogP) is 1.97. The van der Waals surface area contributed by atoms with Gasteiger partial charge in [0.15, 0.2) is 5.43 Å². The minimum Gasteiger partial charge on any atom is -0.290 e. The highest BCUT2D eigenvalue weighted by Gasteiger charge is 1.98. The Balaban J connectivity index is 0.000000845. The van der Waals surface area contributed by atoms with Crippen LogP contribution in [0, 0.1) is 0 Å². The molecular weight excluding hydrogens is 186 g/mol. The lowest BCUT2D eigenvalue weighted by molar-refractivity contribution is 1.35. The van der Waals surface area contributed by atoms with E-state index in [4.69, 9.17) is 0 Å². The molecule has 0 bridgehead atoms. The number of rotatable bonds is 0. The van der Waals surface area contributed by atoms with Crippen molar-refractivity contribution in [2.45, 2.75) is 0 Å². The highest BCUT2D eigenvalue weighted by molar-refractivity contribution is 5.85. The Morgan fingerprint density at radius 1 is 1.08 bits per heavy atom. The average Bonchev–Trinajstić information content (AvgIpc) is 2.28. The van der Waals surface area contributed by atoms with Gasteiger partial charge in [0.05, 0.1) is 5.69 Å². The molecule has 0 saturated heterocycles. The van der Waals surface area contributed by atoms with Crippen LogP contribution >= 0.6 is 12.4 Å². The highest BCUT2D eigenvalue weighted by Crippen LogP contribution is 2.13. The van der Waals surface area contributed by atoms with Crippen LogP contribution in [-0.4, -0.2) is 4.98 Å². The third kappa shape index (κ3) is 2.04. The minimum atomic E-state index is 0. The van der Waals surface area contributed by atoms with Gasteiger partial charge in [0, 0.05) is 11.8 Å². The lowest BCUT2D eigenvalue weighted by atomic mass is 10.1. The number of hydrogen-bond donors (Lipinski definition) is 0. The Hall–Kier alpha value is -1.41. The van der Waals surface area contributed by atoms with E-state index < -0.39 is 0 Å². The fourth-order valence-corrected chi connectivity index (χ4v) is 1.12. The van der Waals surface area contributed by atoms with Gasteiger partial charge >= 0.3 is 0 Å². The minimum absolute atomic E-state index is 0. The van der Waals surface area contributed by atoms with Gasteiger partial charge in [-0.1, -0.05) is 12.1 Å². The van der Waals surface area contributed by atoms with Crippen LogP contribution in [0.2, 0.25) is 0 Å². The van der Waals surface area contributed by atoms with Crippen LogP contribution in [0.1, 0.15) is 0 Å². The monoisotopic (exact) mass is 193 g/mol. The van der Waals surface area contributed by atoms with Crippen molar-refractivity contribution in [3.05, 3.63) is 52.8 Å². The molecule has 1 aliphatic heterocycles. The zero-order valence-corrected chi connectivity index (χ0v) is 7.62. The van der Waals surface area contributed by atoms with Crippen molar-refractivity contribution in [2.24, 2.45) is 0 Å². The van der Waals surface area contributed by atoms with E-state index in [1.165, 1.54) is 6.07 Å². The molecule has 0 spiro atoms. The number of hydrogen-bond acceptors (Lipinski definition) is 2. The Kier molecular flexibility index (Phi) is 2.98. The molecule has 2 aliphatic rings. The van der Waals surface area contributed by atoms with Crippen molar-refractivity contribution in [1.29, 1.82) is 0 Å². The first-order chi connectivity index (χ1) is 5.86. The van der Waals surface area contributed by atoms with Gasteiger partial charge in [0.25, 0.3) is 0 Å². The summed E-state index contributed by atoms with van der Waals surface area (Å²) in [5.74, 6) is 0. The van der Waals surface area contributed by atoms with E-state index in [-0.39, 0.29) is 17.8 Å². The van der Waals surface area contributed by atoms with Crippen LogP contribution in [0.15, 0.2) is 47.4 Å². The van der Waals surface area contributed by atoms with Gasteiger partial charge in [-0.15, -0.1) is 12.4 Å². The van der Waals surface area contributed by atoms with Crippen molar-refractivity contribution in [3.8, 4) is 11.3 Å². The second-order valence-corrected chi connectivity index (χ2v) is 2.55. The summed E-state index contributed by atoms with van der Waals surface area (Å²) >= 11 is 0. The first-order valence-electron chi connectivity index (χ1n) is 3.71. The molecule has 0 radical (unpaired) electrons. The smallest absolute Gasteiger partial charge is 0.179 e. The lowest BCUT2D eigenvalue weighted by Gasteiger charge is -1.94. The topological polar surface area (TPSA) is 30.0 Å². The number of aromatic nitrogens is 1. The number of nitrogens with zero attached hydrogens (tertiary/aromatic N) is 1. The fourth-order valence-electron chi connectivity index (χ4n) is 1.12. The molecule has 0 aromatic carbocycles. The molecule has 1 aliphatic carbocycles. The molecule has 0 aromatic rings. The van der Waals surface area contributed by atoms with E-state index in [1.54, 1.807) is 18.3 Å². The molecule has 0 aromatic heterocycles. The summed E-state index contributed by atoms with van der Waals surface area (Å²) in [6, 6.07) is 10.4. The molecule has 2 rings (SSSR count). The summed E-state index contributed by atoms with van der Waals surface area (Å²) in [7, 11) is 0. The number of benzene rings is 1. The fraction of sp³-hybridized carbons (Fsp3) is 0. The second-order valence-electron chi connectivity index (χ2n) is 2.55. The van der Waals surface area contributed by atoms with Crippen LogP contribution in [0.25, 0.3) is 11.3 Å². The van der Waals surface area contributed by atoms with Crippen molar-refractivity contribution in [3.63, 3.8) is 0 Å². The van der Waals surface area contributed by atoms with Gasteiger partial charge in [0.1, 0.15) is 0 Å². The molecular formula is C10H8ClNO. The standard InChI is InChI=1S/C10H7NO.ClH/c12-9-4-5-10-8(7-9)3-1-2-6-11-10;/h1-7H;1H. The van der Waals surface area contributed by atoms with Crippen LogP contribution < -0.4 is 5.43 Å². The van der Waals surface area contributed by atoms with Crippen molar-refractivity contribution < 1.29 is 0 Å². The summed E-state index contributed by atoms with van der Waals surface area (Å²) in [6.45, 7) is 0. The summed E-state index contributed by atoms with van der Waals surface area (Å²) in [5, 5.41) is 0. The van der Waals surface area contributed by atoms with Crippen LogP contribution in [-0.2, 0) is 0 Å². The molecule has 3 heteroatoms. The van der Waals surface area contributed by atoms with Gasteiger partial charge in [-0.3, -0.25) is 9.78 Å². The zero-order valence-electron chi connectivity index (χ0n) is 6.81. The van der Waals surface area contributed by atoms with E-state index >= 15 is 0 Å².